The number of rotatable bonds is 5. The van der Waals surface area contributed by atoms with Gasteiger partial charge in [0, 0.05) is 12.1 Å². The average Bonchev–Trinajstić information content (AvgIpc) is 3.30. The number of nitriles is 1. The van der Waals surface area contributed by atoms with Gasteiger partial charge in [-0.3, -0.25) is 0 Å². The van der Waals surface area contributed by atoms with Crippen LogP contribution in [0.25, 0.3) is 11.5 Å². The molecule has 2 aromatic carbocycles. The van der Waals surface area contributed by atoms with Crippen LogP contribution in [0.2, 0.25) is 0 Å². The van der Waals surface area contributed by atoms with Gasteiger partial charge in [-0.15, -0.1) is 10.2 Å². The molecule has 1 heterocycles. The van der Waals surface area contributed by atoms with E-state index in [1.54, 1.807) is 24.3 Å². The van der Waals surface area contributed by atoms with Crippen molar-refractivity contribution in [3.63, 3.8) is 0 Å². The third-order valence-corrected chi connectivity index (χ3v) is 4.70. The maximum atomic E-state index is 12.7. The summed E-state index contributed by atoms with van der Waals surface area (Å²) in [5.41, 5.74) is 0.657. The Morgan fingerprint density at radius 2 is 1.79 bits per heavy atom. The number of alkyl halides is 3. The molecule has 1 aliphatic rings. The lowest BCUT2D eigenvalue weighted by Gasteiger charge is -2.11. The van der Waals surface area contributed by atoms with Gasteiger partial charge in [-0.2, -0.15) is 18.4 Å². The molecular weight excluding hydrogens is 369 g/mol. The molecule has 4 rings (SSSR count). The maximum Gasteiger partial charge on any atom is 0.416 e. The van der Waals surface area contributed by atoms with Crippen LogP contribution in [-0.4, -0.2) is 10.2 Å². The van der Waals surface area contributed by atoms with Crippen LogP contribution in [-0.2, 0) is 12.6 Å². The smallest absolute Gasteiger partial charge is 0.416 e. The summed E-state index contributed by atoms with van der Waals surface area (Å²) in [5.74, 6) is 0.692. The maximum absolute atomic E-state index is 12.7. The fourth-order valence-corrected chi connectivity index (χ4v) is 2.88. The molecule has 3 aromatic rings. The second-order valence-corrected chi connectivity index (χ2v) is 6.82. The van der Waals surface area contributed by atoms with Crippen LogP contribution in [0, 0.1) is 16.7 Å². The number of hydrogen-bond donors (Lipinski definition) is 1. The van der Waals surface area contributed by atoms with Crippen molar-refractivity contribution < 1.29 is 17.6 Å². The molecule has 0 unspecified atom stereocenters. The molecule has 8 heteroatoms. The first-order chi connectivity index (χ1) is 13.4. The average molecular weight is 384 g/mol. The summed E-state index contributed by atoms with van der Waals surface area (Å²) in [5, 5.41) is 20.4. The molecule has 142 valence electrons. The minimum atomic E-state index is -4.38. The highest BCUT2D eigenvalue weighted by Crippen LogP contribution is 2.47. The highest BCUT2D eigenvalue weighted by molar-refractivity contribution is 5.76. The van der Waals surface area contributed by atoms with Crippen LogP contribution in [0.15, 0.2) is 52.9 Å². The topological polar surface area (TPSA) is 74.7 Å². The van der Waals surface area contributed by atoms with Gasteiger partial charge in [0.25, 0.3) is 0 Å². The number of hydrogen-bond acceptors (Lipinski definition) is 5. The van der Waals surface area contributed by atoms with Gasteiger partial charge in [0.05, 0.1) is 28.3 Å². The third kappa shape index (κ3) is 3.69. The molecular formula is C20H15F3N4O. The first-order valence-corrected chi connectivity index (χ1v) is 8.66. The summed E-state index contributed by atoms with van der Waals surface area (Å²) in [7, 11) is 0. The van der Waals surface area contributed by atoms with Gasteiger partial charge in [0.15, 0.2) is 0 Å². The monoisotopic (exact) mass is 384 g/mol. The molecule has 0 amide bonds. The predicted molar refractivity (Wildman–Crippen MR) is 95.4 cm³/mol. The lowest BCUT2D eigenvalue weighted by Crippen LogP contribution is -2.04. The van der Waals surface area contributed by atoms with E-state index >= 15 is 0 Å². The van der Waals surface area contributed by atoms with E-state index in [1.165, 1.54) is 12.1 Å². The number of aromatic nitrogens is 2. The zero-order chi connectivity index (χ0) is 19.8. The summed E-state index contributed by atoms with van der Waals surface area (Å²) in [6, 6.07) is 14.2. The van der Waals surface area contributed by atoms with Gasteiger partial charge >= 0.3 is 6.18 Å². The Kier molecular flexibility index (Phi) is 4.30. The first kappa shape index (κ1) is 18.0. The zero-order valence-electron chi connectivity index (χ0n) is 14.6. The molecule has 5 nitrogen and oxygen atoms in total. The van der Waals surface area contributed by atoms with E-state index in [2.05, 4.69) is 21.6 Å². The van der Waals surface area contributed by atoms with Crippen molar-refractivity contribution in [2.24, 2.45) is 5.41 Å². The summed E-state index contributed by atoms with van der Waals surface area (Å²) in [6.45, 7) is 0. The SMILES string of the molecule is N#CC1(Cc2nnc(-c3ccccc3Nc3ccc(C(F)(F)F)cc3)o2)CC1. The Bertz CT molecular complexity index is 1030. The van der Waals surface area contributed by atoms with Crippen LogP contribution in [0.5, 0.6) is 0 Å². The molecule has 1 fully saturated rings. The van der Waals surface area contributed by atoms with E-state index < -0.39 is 11.7 Å². The van der Waals surface area contributed by atoms with E-state index in [1.807, 2.05) is 0 Å². The molecule has 0 saturated heterocycles. The number of nitrogens with zero attached hydrogens (tertiary/aromatic N) is 3. The predicted octanol–water partition coefficient (Wildman–Crippen LogP) is 5.35. The fraction of sp³-hybridized carbons (Fsp3) is 0.250. The van der Waals surface area contributed by atoms with Crippen molar-refractivity contribution >= 4 is 11.4 Å². The summed E-state index contributed by atoms with van der Waals surface area (Å²) in [6.07, 6.45) is -2.30. The minimum Gasteiger partial charge on any atom is -0.421 e. The molecule has 0 atom stereocenters. The van der Waals surface area contributed by atoms with Crippen molar-refractivity contribution in [1.82, 2.24) is 10.2 Å². The first-order valence-electron chi connectivity index (χ1n) is 8.66. The summed E-state index contributed by atoms with van der Waals surface area (Å²) in [4.78, 5) is 0. The lowest BCUT2D eigenvalue weighted by atomic mass is 10.1. The van der Waals surface area contributed by atoms with E-state index in [0.717, 1.165) is 25.0 Å². The summed E-state index contributed by atoms with van der Waals surface area (Å²) < 4.78 is 43.9. The number of anilines is 2. The number of benzene rings is 2. The van der Waals surface area contributed by atoms with Crippen molar-refractivity contribution in [2.75, 3.05) is 5.32 Å². The molecule has 0 radical (unpaired) electrons. The van der Waals surface area contributed by atoms with Crippen LogP contribution in [0.3, 0.4) is 0 Å². The van der Waals surface area contributed by atoms with E-state index in [4.69, 9.17) is 4.42 Å². The number of halogens is 3. The molecule has 0 spiro atoms. The van der Waals surface area contributed by atoms with Gasteiger partial charge in [-0.05, 0) is 49.2 Å². The Labute approximate surface area is 158 Å². The molecule has 0 aliphatic heterocycles. The van der Waals surface area contributed by atoms with E-state index in [-0.39, 0.29) is 5.41 Å². The fourth-order valence-electron chi connectivity index (χ4n) is 2.88. The Balaban J connectivity index is 1.56. The molecule has 1 aromatic heterocycles. The van der Waals surface area contributed by atoms with E-state index in [9.17, 15) is 18.4 Å². The Morgan fingerprint density at radius 3 is 2.43 bits per heavy atom. The highest BCUT2D eigenvalue weighted by atomic mass is 19.4. The zero-order valence-corrected chi connectivity index (χ0v) is 14.6. The van der Waals surface area contributed by atoms with Crippen molar-refractivity contribution in [3.8, 4) is 17.5 Å². The van der Waals surface area contributed by atoms with Gasteiger partial charge in [0.1, 0.15) is 0 Å². The summed E-state index contributed by atoms with van der Waals surface area (Å²) >= 11 is 0. The molecule has 28 heavy (non-hydrogen) atoms. The quantitative estimate of drug-likeness (QED) is 0.642. The second kappa shape index (κ2) is 6.68. The van der Waals surface area contributed by atoms with Gasteiger partial charge in [-0.25, -0.2) is 0 Å². The van der Waals surface area contributed by atoms with Crippen molar-refractivity contribution in [1.29, 1.82) is 5.26 Å². The van der Waals surface area contributed by atoms with Crippen LogP contribution in [0.1, 0.15) is 24.3 Å². The normalized spacial score (nSPS) is 15.1. The van der Waals surface area contributed by atoms with Gasteiger partial charge in [0.2, 0.25) is 11.8 Å². The molecule has 1 aliphatic carbocycles. The third-order valence-electron chi connectivity index (χ3n) is 4.70. The Hall–Kier alpha value is -3.34. The largest absolute Gasteiger partial charge is 0.421 e. The van der Waals surface area contributed by atoms with Crippen LogP contribution < -0.4 is 5.32 Å². The van der Waals surface area contributed by atoms with Crippen LogP contribution in [0.4, 0.5) is 24.5 Å². The van der Waals surface area contributed by atoms with Crippen molar-refractivity contribution in [2.45, 2.75) is 25.4 Å². The van der Waals surface area contributed by atoms with Gasteiger partial charge < -0.3 is 9.73 Å². The highest BCUT2D eigenvalue weighted by Gasteiger charge is 2.44. The minimum absolute atomic E-state index is 0.291. The standard InChI is InChI=1S/C20H15F3N4O/c21-20(22,23)13-5-7-14(8-6-13)25-16-4-2-1-3-15(16)18-27-26-17(28-18)11-19(12-24)9-10-19/h1-8,25H,9-11H2. The lowest BCUT2D eigenvalue weighted by molar-refractivity contribution is -0.137. The molecule has 0 bridgehead atoms. The number of nitrogens with one attached hydrogen (secondary N) is 1. The van der Waals surface area contributed by atoms with E-state index in [0.29, 0.717) is 35.1 Å². The molecule has 1 saturated carbocycles. The van der Waals surface area contributed by atoms with Gasteiger partial charge in [-0.1, -0.05) is 12.1 Å². The second-order valence-electron chi connectivity index (χ2n) is 6.82. The van der Waals surface area contributed by atoms with Crippen molar-refractivity contribution in [3.05, 3.63) is 60.0 Å². The van der Waals surface area contributed by atoms with Crippen LogP contribution >= 0.6 is 0 Å². The number of para-hydroxylation sites is 1. The molecule has 1 N–H and O–H groups in total. The Morgan fingerprint density at radius 1 is 1.07 bits per heavy atom.